The van der Waals surface area contributed by atoms with Crippen LogP contribution >= 0.6 is 0 Å². The second-order valence-electron chi connectivity index (χ2n) is 5.87. The molecule has 1 aliphatic carbocycles. The van der Waals surface area contributed by atoms with Gasteiger partial charge in [-0.05, 0) is 36.8 Å². The zero-order valence-electron chi connectivity index (χ0n) is 12.1. The zero-order valence-corrected chi connectivity index (χ0v) is 12.1. The van der Waals surface area contributed by atoms with Gasteiger partial charge in [0.2, 0.25) is 0 Å². The first-order valence-corrected chi connectivity index (χ1v) is 7.51. The van der Waals surface area contributed by atoms with Crippen LogP contribution in [0.15, 0.2) is 18.2 Å². The van der Waals surface area contributed by atoms with Crippen molar-refractivity contribution in [3.8, 4) is 11.8 Å². The Kier molecular flexibility index (Phi) is 5.40. The fraction of sp³-hybridized carbons (Fsp3) is 0.588. The molecule has 0 heterocycles. The van der Waals surface area contributed by atoms with E-state index in [2.05, 4.69) is 6.92 Å². The molecule has 1 aliphatic rings. The summed E-state index contributed by atoms with van der Waals surface area (Å²) in [4.78, 5) is 0. The number of benzene rings is 1. The Morgan fingerprint density at radius 3 is 2.70 bits per heavy atom. The molecule has 1 aromatic carbocycles. The quantitative estimate of drug-likeness (QED) is 0.731. The van der Waals surface area contributed by atoms with Crippen molar-refractivity contribution in [2.75, 3.05) is 6.61 Å². The van der Waals surface area contributed by atoms with Gasteiger partial charge in [0.1, 0.15) is 17.6 Å². The van der Waals surface area contributed by atoms with Crippen molar-refractivity contribution in [1.82, 2.24) is 0 Å². The molecule has 0 saturated heterocycles. The molecule has 1 aromatic rings. The van der Waals surface area contributed by atoms with Crippen LogP contribution in [0.1, 0.15) is 51.0 Å². The second-order valence-corrected chi connectivity index (χ2v) is 5.87. The van der Waals surface area contributed by atoms with Crippen LogP contribution in [0, 0.1) is 29.0 Å². The van der Waals surface area contributed by atoms with Crippen molar-refractivity contribution in [3.63, 3.8) is 0 Å². The van der Waals surface area contributed by atoms with Gasteiger partial charge in [0.15, 0.2) is 0 Å². The Morgan fingerprint density at radius 1 is 1.30 bits per heavy atom. The van der Waals surface area contributed by atoms with Crippen LogP contribution in [0.3, 0.4) is 0 Å². The minimum atomic E-state index is -0.508. The number of hydrogen-bond acceptors (Lipinski definition) is 2. The summed E-state index contributed by atoms with van der Waals surface area (Å²) in [5, 5.41) is 8.66. The molecule has 2 rings (SSSR count). The summed E-state index contributed by atoms with van der Waals surface area (Å²) in [6, 6.07) is 6.22. The molecule has 3 heteroatoms. The van der Waals surface area contributed by atoms with Crippen LogP contribution in [0.2, 0.25) is 0 Å². The molecule has 20 heavy (non-hydrogen) atoms. The summed E-state index contributed by atoms with van der Waals surface area (Å²) in [7, 11) is 0. The van der Waals surface area contributed by atoms with E-state index in [-0.39, 0.29) is 5.56 Å². The predicted molar refractivity (Wildman–Crippen MR) is 77.0 cm³/mol. The van der Waals surface area contributed by atoms with Crippen LogP contribution in [0.5, 0.6) is 5.75 Å². The number of halogens is 1. The van der Waals surface area contributed by atoms with E-state index in [1.165, 1.54) is 44.2 Å². The van der Waals surface area contributed by atoms with E-state index >= 15 is 0 Å². The zero-order chi connectivity index (χ0) is 14.4. The maximum absolute atomic E-state index is 13.4. The Labute approximate surface area is 120 Å². The van der Waals surface area contributed by atoms with Gasteiger partial charge in [-0.25, -0.2) is 4.39 Å². The first kappa shape index (κ1) is 14.8. The number of nitrogens with zero attached hydrogens (tertiary/aromatic N) is 1. The van der Waals surface area contributed by atoms with Gasteiger partial charge in [-0.15, -0.1) is 0 Å². The summed E-state index contributed by atoms with van der Waals surface area (Å²) >= 11 is 0. The summed E-state index contributed by atoms with van der Waals surface area (Å²) < 4.78 is 18.9. The van der Waals surface area contributed by atoms with E-state index in [0.717, 1.165) is 18.3 Å². The normalized spacial score (nSPS) is 22.2. The Bertz CT molecular complexity index is 472. The SMILES string of the molecule is CC1CCC(CCCOc2ccc(C#N)c(F)c2)CC1. The molecular weight excluding hydrogens is 253 g/mol. The minimum absolute atomic E-state index is 0.0636. The summed E-state index contributed by atoms with van der Waals surface area (Å²) in [5.41, 5.74) is 0.0636. The van der Waals surface area contributed by atoms with Gasteiger partial charge in [-0.2, -0.15) is 5.26 Å². The van der Waals surface area contributed by atoms with E-state index in [1.807, 2.05) is 0 Å². The predicted octanol–water partition coefficient (Wildman–Crippen LogP) is 4.68. The van der Waals surface area contributed by atoms with E-state index in [0.29, 0.717) is 12.4 Å². The lowest BCUT2D eigenvalue weighted by Gasteiger charge is -2.25. The smallest absolute Gasteiger partial charge is 0.144 e. The lowest BCUT2D eigenvalue weighted by molar-refractivity contribution is 0.244. The molecule has 0 radical (unpaired) electrons. The van der Waals surface area contributed by atoms with E-state index < -0.39 is 5.82 Å². The van der Waals surface area contributed by atoms with Gasteiger partial charge in [0, 0.05) is 6.07 Å². The Hall–Kier alpha value is -1.56. The highest BCUT2D eigenvalue weighted by Gasteiger charge is 2.17. The van der Waals surface area contributed by atoms with E-state index in [1.54, 1.807) is 12.1 Å². The van der Waals surface area contributed by atoms with Crippen molar-refractivity contribution in [2.45, 2.75) is 45.4 Å². The third-order valence-corrected chi connectivity index (χ3v) is 4.22. The summed E-state index contributed by atoms with van der Waals surface area (Å²) in [6.07, 6.45) is 7.60. The molecule has 0 N–H and O–H groups in total. The third kappa shape index (κ3) is 4.23. The van der Waals surface area contributed by atoms with Gasteiger partial charge in [-0.1, -0.05) is 32.6 Å². The Balaban J connectivity index is 1.68. The molecular formula is C17H22FNO. The highest BCUT2D eigenvalue weighted by Crippen LogP contribution is 2.31. The van der Waals surface area contributed by atoms with Crippen molar-refractivity contribution in [1.29, 1.82) is 5.26 Å². The molecule has 2 nitrogen and oxygen atoms in total. The highest BCUT2D eigenvalue weighted by molar-refractivity contribution is 5.36. The second kappa shape index (κ2) is 7.28. The van der Waals surface area contributed by atoms with Gasteiger partial charge in [-0.3, -0.25) is 0 Å². The number of nitriles is 1. The van der Waals surface area contributed by atoms with Crippen molar-refractivity contribution in [2.24, 2.45) is 11.8 Å². The molecule has 1 fully saturated rings. The van der Waals surface area contributed by atoms with Crippen molar-refractivity contribution < 1.29 is 9.13 Å². The molecule has 0 aliphatic heterocycles. The lowest BCUT2D eigenvalue weighted by Crippen LogP contribution is -2.13. The van der Waals surface area contributed by atoms with Crippen molar-refractivity contribution in [3.05, 3.63) is 29.6 Å². The molecule has 0 unspecified atom stereocenters. The topological polar surface area (TPSA) is 33.0 Å². The average molecular weight is 275 g/mol. The molecule has 108 valence electrons. The largest absolute Gasteiger partial charge is 0.493 e. The number of ether oxygens (including phenoxy) is 1. The number of rotatable bonds is 5. The van der Waals surface area contributed by atoms with Gasteiger partial charge in [0.05, 0.1) is 12.2 Å². The highest BCUT2D eigenvalue weighted by atomic mass is 19.1. The van der Waals surface area contributed by atoms with Crippen LogP contribution < -0.4 is 4.74 Å². The van der Waals surface area contributed by atoms with Crippen molar-refractivity contribution >= 4 is 0 Å². The lowest BCUT2D eigenvalue weighted by atomic mass is 9.81. The van der Waals surface area contributed by atoms with E-state index in [4.69, 9.17) is 10.00 Å². The molecule has 0 bridgehead atoms. The Morgan fingerprint density at radius 2 is 2.05 bits per heavy atom. The standard InChI is InChI=1S/C17H22FNO/c1-13-4-6-14(7-5-13)3-2-10-20-16-9-8-15(12-19)17(18)11-16/h8-9,11,13-14H,2-7,10H2,1H3. The van der Waals surface area contributed by atoms with Crippen LogP contribution in [0.25, 0.3) is 0 Å². The molecule has 0 spiro atoms. The molecule has 1 saturated carbocycles. The first-order chi connectivity index (χ1) is 9.69. The van der Waals surface area contributed by atoms with Gasteiger partial charge in [0.25, 0.3) is 0 Å². The number of hydrogen-bond donors (Lipinski definition) is 0. The molecule has 0 aromatic heterocycles. The summed E-state index contributed by atoms with van der Waals surface area (Å²) in [6.45, 7) is 2.95. The molecule has 0 amide bonds. The third-order valence-electron chi connectivity index (χ3n) is 4.22. The maximum atomic E-state index is 13.4. The van der Waals surface area contributed by atoms with E-state index in [9.17, 15) is 4.39 Å². The van der Waals surface area contributed by atoms with Crippen LogP contribution in [-0.2, 0) is 0 Å². The first-order valence-electron chi connectivity index (χ1n) is 7.51. The fourth-order valence-corrected chi connectivity index (χ4v) is 2.86. The summed E-state index contributed by atoms with van der Waals surface area (Å²) in [5.74, 6) is 1.74. The van der Waals surface area contributed by atoms with Crippen LogP contribution in [0.4, 0.5) is 4.39 Å². The van der Waals surface area contributed by atoms with Gasteiger partial charge >= 0.3 is 0 Å². The van der Waals surface area contributed by atoms with Gasteiger partial charge < -0.3 is 4.74 Å². The minimum Gasteiger partial charge on any atom is -0.493 e. The van der Waals surface area contributed by atoms with Crippen LogP contribution in [-0.4, -0.2) is 6.61 Å². The monoisotopic (exact) mass is 275 g/mol. The average Bonchev–Trinajstić information content (AvgIpc) is 2.46. The maximum Gasteiger partial charge on any atom is 0.144 e. The molecule has 0 atom stereocenters. The fourth-order valence-electron chi connectivity index (χ4n) is 2.86.